The van der Waals surface area contributed by atoms with E-state index in [0.717, 1.165) is 12.0 Å². The molecule has 0 spiro atoms. The van der Waals surface area contributed by atoms with Crippen molar-refractivity contribution in [3.63, 3.8) is 0 Å². The van der Waals surface area contributed by atoms with E-state index in [2.05, 4.69) is 5.32 Å². The molecule has 0 aliphatic carbocycles. The molecule has 1 amide bonds. The van der Waals surface area contributed by atoms with Gasteiger partial charge >= 0.3 is 0 Å². The van der Waals surface area contributed by atoms with Crippen LogP contribution in [-0.4, -0.2) is 26.7 Å². The van der Waals surface area contributed by atoms with Crippen molar-refractivity contribution < 1.29 is 14.3 Å². The number of ketones is 1. The van der Waals surface area contributed by atoms with Crippen molar-refractivity contribution >= 4 is 46.5 Å². The molecular weight excluding hydrogens is 411 g/mol. The number of aromatic nitrogens is 1. The SMILES string of the molecule is CCC(NC(=O)c1cc(C(=O)C(Cl)(Cl)Cl)n2c1COCC2)c1ccccc1. The minimum atomic E-state index is -2.09. The van der Waals surface area contributed by atoms with Crippen LogP contribution in [0.2, 0.25) is 0 Å². The average Bonchev–Trinajstić information content (AvgIpc) is 3.05. The largest absolute Gasteiger partial charge is 0.373 e. The van der Waals surface area contributed by atoms with Crippen LogP contribution in [0.3, 0.4) is 0 Å². The lowest BCUT2D eigenvalue weighted by molar-refractivity contribution is 0.0784. The van der Waals surface area contributed by atoms with Gasteiger partial charge in [0.15, 0.2) is 0 Å². The van der Waals surface area contributed by atoms with Crippen LogP contribution in [0.15, 0.2) is 36.4 Å². The molecule has 0 radical (unpaired) electrons. The minimum Gasteiger partial charge on any atom is -0.373 e. The molecule has 1 aromatic heterocycles. The van der Waals surface area contributed by atoms with Crippen LogP contribution in [0, 0.1) is 0 Å². The normalized spacial score (nSPS) is 15.1. The highest BCUT2D eigenvalue weighted by Gasteiger charge is 2.36. The molecule has 8 heteroatoms. The van der Waals surface area contributed by atoms with Gasteiger partial charge in [-0.2, -0.15) is 0 Å². The average molecular weight is 430 g/mol. The molecule has 0 bridgehead atoms. The van der Waals surface area contributed by atoms with Crippen molar-refractivity contribution in [2.75, 3.05) is 6.61 Å². The van der Waals surface area contributed by atoms with E-state index in [9.17, 15) is 9.59 Å². The van der Waals surface area contributed by atoms with Gasteiger partial charge in [0.25, 0.3) is 9.70 Å². The van der Waals surface area contributed by atoms with Crippen molar-refractivity contribution in [3.8, 4) is 0 Å². The van der Waals surface area contributed by atoms with E-state index in [1.807, 2.05) is 37.3 Å². The summed E-state index contributed by atoms with van der Waals surface area (Å²) in [6.07, 6.45) is 0.724. The van der Waals surface area contributed by atoms with E-state index in [4.69, 9.17) is 39.5 Å². The second-order valence-corrected chi connectivity index (χ2v) is 8.55. The summed E-state index contributed by atoms with van der Waals surface area (Å²) in [5.74, 6) is -0.951. The second kappa shape index (κ2) is 8.23. The van der Waals surface area contributed by atoms with E-state index in [1.165, 1.54) is 6.07 Å². The Morgan fingerprint density at radius 1 is 1.26 bits per heavy atom. The van der Waals surface area contributed by atoms with Gasteiger partial charge in [0.1, 0.15) is 0 Å². The third-order valence-electron chi connectivity index (χ3n) is 4.56. The lowest BCUT2D eigenvalue weighted by Crippen LogP contribution is -2.30. The summed E-state index contributed by atoms with van der Waals surface area (Å²) in [5, 5.41) is 3.02. The number of ether oxygens (including phenoxy) is 1. The Labute approximate surface area is 172 Å². The number of Topliss-reactive ketones (excluding diaryl/α,β-unsaturated/α-hetero) is 1. The number of nitrogens with one attached hydrogen (secondary N) is 1. The molecule has 1 aliphatic rings. The molecule has 2 aromatic rings. The number of alkyl halides is 3. The number of fused-ring (bicyclic) bond motifs is 1. The Morgan fingerprint density at radius 3 is 2.59 bits per heavy atom. The molecule has 1 aromatic carbocycles. The molecule has 5 nitrogen and oxygen atoms in total. The molecule has 0 saturated carbocycles. The Balaban J connectivity index is 1.93. The summed E-state index contributed by atoms with van der Waals surface area (Å²) in [6.45, 7) is 3.05. The van der Waals surface area contributed by atoms with E-state index in [-0.39, 0.29) is 24.2 Å². The zero-order valence-corrected chi connectivity index (χ0v) is 16.9. The van der Waals surface area contributed by atoms with E-state index < -0.39 is 9.58 Å². The van der Waals surface area contributed by atoms with Gasteiger partial charge < -0.3 is 14.6 Å². The number of halogens is 3. The van der Waals surface area contributed by atoms with Crippen LogP contribution in [-0.2, 0) is 17.9 Å². The van der Waals surface area contributed by atoms with Crippen molar-refractivity contribution in [1.82, 2.24) is 9.88 Å². The lowest BCUT2D eigenvalue weighted by Gasteiger charge is -2.21. The first-order valence-corrected chi connectivity index (χ1v) is 9.73. The summed E-state index contributed by atoms with van der Waals surface area (Å²) < 4.78 is 5.08. The van der Waals surface area contributed by atoms with Crippen LogP contribution in [0.25, 0.3) is 0 Å². The first kappa shape index (κ1) is 20.2. The molecule has 2 heterocycles. The molecule has 1 atom stereocenters. The quantitative estimate of drug-likeness (QED) is 0.564. The molecule has 3 rings (SSSR count). The van der Waals surface area contributed by atoms with Crippen molar-refractivity contribution in [2.24, 2.45) is 0 Å². The Morgan fingerprint density at radius 2 is 1.96 bits per heavy atom. The summed E-state index contributed by atoms with van der Waals surface area (Å²) in [7, 11) is 0. The monoisotopic (exact) mass is 428 g/mol. The Bertz CT molecular complexity index is 844. The summed E-state index contributed by atoms with van der Waals surface area (Å²) in [6, 6.07) is 11.0. The fourth-order valence-corrected chi connectivity index (χ4v) is 3.49. The number of hydrogen-bond donors (Lipinski definition) is 1. The minimum absolute atomic E-state index is 0.147. The van der Waals surface area contributed by atoms with Crippen LogP contribution < -0.4 is 5.32 Å². The van der Waals surface area contributed by atoms with E-state index in [0.29, 0.717) is 24.4 Å². The maximum Gasteiger partial charge on any atom is 0.255 e. The van der Waals surface area contributed by atoms with Crippen LogP contribution in [0.1, 0.15) is 51.5 Å². The second-order valence-electron chi connectivity index (χ2n) is 6.27. The summed E-state index contributed by atoms with van der Waals surface area (Å²) in [5.41, 5.74) is 2.18. The van der Waals surface area contributed by atoms with Crippen molar-refractivity contribution in [3.05, 3.63) is 58.9 Å². The van der Waals surface area contributed by atoms with Gasteiger partial charge in [-0.05, 0) is 18.1 Å². The zero-order valence-electron chi connectivity index (χ0n) is 14.7. The fraction of sp³-hybridized carbons (Fsp3) is 0.368. The molecule has 1 aliphatic heterocycles. The number of hydrogen-bond acceptors (Lipinski definition) is 3. The molecule has 27 heavy (non-hydrogen) atoms. The van der Waals surface area contributed by atoms with Gasteiger partial charge in [0.05, 0.1) is 36.2 Å². The van der Waals surface area contributed by atoms with E-state index in [1.54, 1.807) is 4.57 Å². The van der Waals surface area contributed by atoms with Crippen molar-refractivity contribution in [2.45, 2.75) is 36.3 Å². The summed E-state index contributed by atoms with van der Waals surface area (Å²) >= 11 is 17.3. The highest BCUT2D eigenvalue weighted by atomic mass is 35.6. The van der Waals surface area contributed by atoms with Gasteiger partial charge in [-0.25, -0.2) is 0 Å². The Hall–Kier alpha value is -1.53. The maximum absolute atomic E-state index is 13.0. The Kier molecular flexibility index (Phi) is 6.16. The number of rotatable bonds is 5. The molecule has 1 N–H and O–H groups in total. The first-order valence-electron chi connectivity index (χ1n) is 8.60. The topological polar surface area (TPSA) is 60.3 Å². The zero-order chi connectivity index (χ0) is 19.6. The van der Waals surface area contributed by atoms with Gasteiger partial charge in [-0.3, -0.25) is 9.59 Å². The first-order chi connectivity index (χ1) is 12.8. The molecule has 144 valence electrons. The highest BCUT2D eigenvalue weighted by molar-refractivity contribution is 6.77. The van der Waals surface area contributed by atoms with Crippen molar-refractivity contribution in [1.29, 1.82) is 0 Å². The lowest BCUT2D eigenvalue weighted by atomic mass is 10.0. The molecule has 1 unspecified atom stereocenters. The molecule has 0 fully saturated rings. The number of nitrogens with zero attached hydrogens (tertiary/aromatic N) is 1. The third-order valence-corrected chi connectivity index (χ3v) is 5.07. The van der Waals surface area contributed by atoms with Gasteiger partial charge in [-0.15, -0.1) is 0 Å². The van der Waals surface area contributed by atoms with Crippen LogP contribution in [0.4, 0.5) is 0 Å². The standard InChI is InChI=1S/C19H19Cl3N2O3/c1-2-14(12-6-4-3-5-7-12)23-18(26)13-10-15(17(25)19(20,21)22)24-8-9-27-11-16(13)24/h3-7,10,14H,2,8-9,11H2,1H3,(H,23,26). The third kappa shape index (κ3) is 4.32. The highest BCUT2D eigenvalue weighted by Crippen LogP contribution is 2.33. The summed E-state index contributed by atoms with van der Waals surface area (Å²) in [4.78, 5) is 25.4. The van der Waals surface area contributed by atoms with Crippen LogP contribution in [0.5, 0.6) is 0 Å². The van der Waals surface area contributed by atoms with Gasteiger partial charge in [0, 0.05) is 6.54 Å². The van der Waals surface area contributed by atoms with Crippen LogP contribution >= 0.6 is 34.8 Å². The maximum atomic E-state index is 13.0. The number of carbonyl (C=O) groups is 2. The smallest absolute Gasteiger partial charge is 0.255 e. The predicted molar refractivity (Wildman–Crippen MR) is 106 cm³/mol. The number of amides is 1. The number of benzene rings is 1. The predicted octanol–water partition coefficient (Wildman–Crippen LogP) is 4.45. The van der Waals surface area contributed by atoms with Gasteiger partial charge in [-0.1, -0.05) is 72.1 Å². The number of carbonyl (C=O) groups excluding carboxylic acids is 2. The molecular formula is C19H19Cl3N2O3. The van der Waals surface area contributed by atoms with E-state index >= 15 is 0 Å². The fourth-order valence-electron chi connectivity index (χ4n) is 3.20. The van der Waals surface area contributed by atoms with Gasteiger partial charge in [0.2, 0.25) is 5.78 Å². The molecule has 0 saturated heterocycles.